The number of halogens is 1. The van der Waals surface area contributed by atoms with Crippen molar-refractivity contribution >= 4 is 0 Å². The molecule has 21 heavy (non-hydrogen) atoms. The lowest BCUT2D eigenvalue weighted by atomic mass is 10.1. The third kappa shape index (κ3) is 8.78. The Morgan fingerprint density at radius 2 is 1.71 bits per heavy atom. The zero-order valence-corrected chi connectivity index (χ0v) is 13.0. The van der Waals surface area contributed by atoms with Crippen molar-refractivity contribution < 1.29 is 18.6 Å². The molecule has 0 unspecified atom stereocenters. The normalized spacial score (nSPS) is 11.0. The Bertz CT molecular complexity index is 388. The highest BCUT2D eigenvalue weighted by Gasteiger charge is 1.99. The SMILES string of the molecule is COCCOCCOCCNCCc1ccc(F)cc1C. The molecule has 0 bridgehead atoms. The summed E-state index contributed by atoms with van der Waals surface area (Å²) >= 11 is 0. The van der Waals surface area contributed by atoms with Crippen LogP contribution in [-0.4, -0.2) is 53.2 Å². The second kappa shape index (κ2) is 11.6. The topological polar surface area (TPSA) is 39.7 Å². The molecule has 120 valence electrons. The van der Waals surface area contributed by atoms with E-state index in [2.05, 4.69) is 5.32 Å². The quantitative estimate of drug-likeness (QED) is 0.599. The fourth-order valence-electron chi connectivity index (χ4n) is 1.90. The van der Waals surface area contributed by atoms with Crippen molar-refractivity contribution in [2.75, 3.05) is 53.2 Å². The first kappa shape index (κ1) is 18.0. The molecule has 1 aromatic carbocycles. The summed E-state index contributed by atoms with van der Waals surface area (Å²) in [6.45, 7) is 6.68. The minimum absolute atomic E-state index is 0.176. The maximum absolute atomic E-state index is 13.0. The number of benzene rings is 1. The van der Waals surface area contributed by atoms with Crippen LogP contribution < -0.4 is 5.32 Å². The van der Waals surface area contributed by atoms with E-state index in [-0.39, 0.29) is 5.82 Å². The lowest BCUT2D eigenvalue weighted by Crippen LogP contribution is -2.23. The average Bonchev–Trinajstić information content (AvgIpc) is 2.46. The van der Waals surface area contributed by atoms with E-state index in [1.165, 1.54) is 11.6 Å². The molecule has 0 saturated heterocycles. The van der Waals surface area contributed by atoms with Crippen molar-refractivity contribution in [1.29, 1.82) is 0 Å². The molecule has 0 saturated carbocycles. The van der Waals surface area contributed by atoms with E-state index in [1.807, 2.05) is 13.0 Å². The van der Waals surface area contributed by atoms with Gasteiger partial charge in [0.1, 0.15) is 5.82 Å². The molecular formula is C16H26FNO3. The number of aryl methyl sites for hydroxylation is 1. The van der Waals surface area contributed by atoms with Gasteiger partial charge in [-0.05, 0) is 43.1 Å². The summed E-state index contributed by atoms with van der Waals surface area (Å²) in [5.74, 6) is -0.176. The zero-order valence-electron chi connectivity index (χ0n) is 13.0. The molecule has 0 aliphatic rings. The van der Waals surface area contributed by atoms with Crippen LogP contribution in [0, 0.1) is 12.7 Å². The summed E-state index contributed by atoms with van der Waals surface area (Å²) in [5, 5.41) is 3.31. The molecule has 0 atom stereocenters. The van der Waals surface area contributed by atoms with Crippen LogP contribution in [0.5, 0.6) is 0 Å². The van der Waals surface area contributed by atoms with Gasteiger partial charge in [0.15, 0.2) is 0 Å². The Kier molecular flexibility index (Phi) is 9.99. The van der Waals surface area contributed by atoms with E-state index in [0.29, 0.717) is 33.0 Å². The van der Waals surface area contributed by atoms with Gasteiger partial charge in [-0.1, -0.05) is 6.07 Å². The molecular weight excluding hydrogens is 273 g/mol. The van der Waals surface area contributed by atoms with Gasteiger partial charge in [-0.2, -0.15) is 0 Å². The van der Waals surface area contributed by atoms with E-state index in [0.717, 1.165) is 25.1 Å². The first-order chi connectivity index (χ1) is 10.2. The Morgan fingerprint density at radius 3 is 2.43 bits per heavy atom. The lowest BCUT2D eigenvalue weighted by Gasteiger charge is -2.08. The van der Waals surface area contributed by atoms with Gasteiger partial charge in [-0.3, -0.25) is 0 Å². The maximum atomic E-state index is 13.0. The van der Waals surface area contributed by atoms with Crippen LogP contribution in [0.15, 0.2) is 18.2 Å². The number of hydrogen-bond donors (Lipinski definition) is 1. The van der Waals surface area contributed by atoms with Crippen molar-refractivity contribution in [1.82, 2.24) is 5.32 Å². The van der Waals surface area contributed by atoms with E-state index < -0.39 is 0 Å². The van der Waals surface area contributed by atoms with Crippen molar-refractivity contribution in [2.45, 2.75) is 13.3 Å². The molecule has 0 heterocycles. The maximum Gasteiger partial charge on any atom is 0.123 e. The van der Waals surface area contributed by atoms with Crippen LogP contribution in [0.2, 0.25) is 0 Å². The summed E-state index contributed by atoms with van der Waals surface area (Å²) in [5.41, 5.74) is 2.18. The monoisotopic (exact) mass is 299 g/mol. The van der Waals surface area contributed by atoms with Gasteiger partial charge in [-0.25, -0.2) is 4.39 Å². The Hall–Kier alpha value is -1.01. The third-order valence-corrected chi connectivity index (χ3v) is 3.10. The Balaban J connectivity index is 1.93. The van der Waals surface area contributed by atoms with Crippen LogP contribution in [0.1, 0.15) is 11.1 Å². The smallest absolute Gasteiger partial charge is 0.123 e. The van der Waals surface area contributed by atoms with Crippen LogP contribution in [0.25, 0.3) is 0 Å². The molecule has 0 aromatic heterocycles. The summed E-state index contributed by atoms with van der Waals surface area (Å²) in [4.78, 5) is 0. The number of nitrogens with one attached hydrogen (secondary N) is 1. The largest absolute Gasteiger partial charge is 0.382 e. The van der Waals surface area contributed by atoms with E-state index in [4.69, 9.17) is 14.2 Å². The number of rotatable bonds is 12. The predicted molar refractivity (Wildman–Crippen MR) is 81.2 cm³/mol. The molecule has 0 amide bonds. The highest BCUT2D eigenvalue weighted by Crippen LogP contribution is 2.10. The van der Waals surface area contributed by atoms with E-state index >= 15 is 0 Å². The van der Waals surface area contributed by atoms with Crippen LogP contribution in [0.3, 0.4) is 0 Å². The highest BCUT2D eigenvalue weighted by molar-refractivity contribution is 5.26. The average molecular weight is 299 g/mol. The minimum atomic E-state index is -0.176. The molecule has 0 fully saturated rings. The van der Waals surface area contributed by atoms with E-state index in [1.54, 1.807) is 13.2 Å². The predicted octanol–water partition coefficient (Wildman–Crippen LogP) is 1.95. The van der Waals surface area contributed by atoms with Gasteiger partial charge >= 0.3 is 0 Å². The van der Waals surface area contributed by atoms with Gasteiger partial charge in [-0.15, -0.1) is 0 Å². The Labute approximate surface area is 126 Å². The summed E-state index contributed by atoms with van der Waals surface area (Å²) in [6, 6.07) is 4.93. The van der Waals surface area contributed by atoms with Gasteiger partial charge in [0.2, 0.25) is 0 Å². The molecule has 0 radical (unpaired) electrons. The van der Waals surface area contributed by atoms with Gasteiger partial charge in [0, 0.05) is 13.7 Å². The van der Waals surface area contributed by atoms with Crippen molar-refractivity contribution in [3.05, 3.63) is 35.1 Å². The standard InChI is InChI=1S/C16H26FNO3/c1-14-13-16(17)4-3-15(14)5-6-18-7-8-20-11-12-21-10-9-19-2/h3-4,13,18H,5-12H2,1-2H3. The van der Waals surface area contributed by atoms with Crippen LogP contribution in [0.4, 0.5) is 4.39 Å². The van der Waals surface area contributed by atoms with Crippen LogP contribution >= 0.6 is 0 Å². The third-order valence-electron chi connectivity index (χ3n) is 3.10. The second-order valence-electron chi connectivity index (χ2n) is 4.79. The first-order valence-electron chi connectivity index (χ1n) is 7.34. The summed E-state index contributed by atoms with van der Waals surface area (Å²) in [6.07, 6.45) is 0.895. The number of hydrogen-bond acceptors (Lipinski definition) is 4. The fraction of sp³-hybridized carbons (Fsp3) is 0.625. The molecule has 1 rings (SSSR count). The van der Waals surface area contributed by atoms with Gasteiger partial charge < -0.3 is 19.5 Å². The minimum Gasteiger partial charge on any atom is -0.382 e. The van der Waals surface area contributed by atoms with Crippen LogP contribution in [-0.2, 0) is 20.6 Å². The van der Waals surface area contributed by atoms with Crippen molar-refractivity contribution in [2.24, 2.45) is 0 Å². The Morgan fingerprint density at radius 1 is 1.00 bits per heavy atom. The molecule has 4 nitrogen and oxygen atoms in total. The molecule has 0 aliphatic carbocycles. The highest BCUT2D eigenvalue weighted by atomic mass is 19.1. The van der Waals surface area contributed by atoms with Crippen molar-refractivity contribution in [3.8, 4) is 0 Å². The second-order valence-corrected chi connectivity index (χ2v) is 4.79. The molecule has 1 N–H and O–H groups in total. The molecule has 1 aromatic rings. The molecule has 5 heteroatoms. The van der Waals surface area contributed by atoms with Gasteiger partial charge in [0.05, 0.1) is 33.0 Å². The van der Waals surface area contributed by atoms with Crippen molar-refractivity contribution in [3.63, 3.8) is 0 Å². The molecule has 0 aliphatic heterocycles. The first-order valence-corrected chi connectivity index (χ1v) is 7.34. The van der Waals surface area contributed by atoms with E-state index in [9.17, 15) is 4.39 Å². The zero-order chi connectivity index (χ0) is 15.3. The number of ether oxygens (including phenoxy) is 3. The fourth-order valence-corrected chi connectivity index (χ4v) is 1.90. The summed E-state index contributed by atoms with van der Waals surface area (Å²) < 4.78 is 28.5. The summed E-state index contributed by atoms with van der Waals surface area (Å²) in [7, 11) is 1.65. The molecule has 0 spiro atoms. The number of methoxy groups -OCH3 is 1. The lowest BCUT2D eigenvalue weighted by molar-refractivity contribution is 0.0256. The van der Waals surface area contributed by atoms with Gasteiger partial charge in [0.25, 0.3) is 0 Å².